The zero-order valence-corrected chi connectivity index (χ0v) is 20.4. The number of aromatic nitrogens is 1. The molecule has 1 fully saturated rings. The largest absolute Gasteiger partial charge is 0.497 e. The van der Waals surface area contributed by atoms with Gasteiger partial charge in [-0.15, -0.1) is 0 Å². The number of pyridine rings is 1. The molecule has 0 unspecified atom stereocenters. The van der Waals surface area contributed by atoms with Gasteiger partial charge in [-0.25, -0.2) is 9.78 Å². The number of nitrogens with zero attached hydrogens (tertiary/aromatic N) is 1. The first-order valence-electron chi connectivity index (χ1n) is 11.5. The molecule has 0 aliphatic heterocycles. The van der Waals surface area contributed by atoms with Crippen molar-refractivity contribution >= 4 is 28.9 Å². The van der Waals surface area contributed by atoms with Crippen molar-refractivity contribution in [2.45, 2.75) is 44.9 Å². The molecule has 0 spiro atoms. The van der Waals surface area contributed by atoms with Gasteiger partial charge in [0.2, 0.25) is 5.88 Å². The van der Waals surface area contributed by atoms with Gasteiger partial charge in [0.15, 0.2) is 0 Å². The van der Waals surface area contributed by atoms with Crippen LogP contribution in [0, 0.1) is 6.92 Å². The maximum atomic E-state index is 12.2. The predicted octanol–water partition coefficient (Wildman–Crippen LogP) is 7.42. The molecule has 1 N–H and O–H groups in total. The van der Waals surface area contributed by atoms with Crippen molar-refractivity contribution in [3.8, 4) is 17.4 Å². The Balaban J connectivity index is 1.50. The van der Waals surface area contributed by atoms with Crippen molar-refractivity contribution in [1.29, 1.82) is 0 Å². The van der Waals surface area contributed by atoms with E-state index in [1.165, 1.54) is 44.8 Å². The molecule has 1 saturated carbocycles. The molecular weight excluding hydrogens is 452 g/mol. The molecule has 34 heavy (non-hydrogen) atoms. The first-order valence-corrected chi connectivity index (χ1v) is 11.8. The van der Waals surface area contributed by atoms with Crippen LogP contribution in [0.25, 0.3) is 0 Å². The van der Waals surface area contributed by atoms with E-state index >= 15 is 0 Å². The van der Waals surface area contributed by atoms with Crippen molar-refractivity contribution in [1.82, 2.24) is 4.98 Å². The lowest BCUT2D eigenvalue weighted by Crippen LogP contribution is -2.07. The topological polar surface area (TPSA) is 69.7 Å². The summed E-state index contributed by atoms with van der Waals surface area (Å²) in [4.78, 5) is 16.7. The normalized spacial score (nSPS) is 13.9. The van der Waals surface area contributed by atoms with Gasteiger partial charge >= 0.3 is 5.97 Å². The molecule has 4 rings (SSSR count). The van der Waals surface area contributed by atoms with Gasteiger partial charge in [-0.2, -0.15) is 0 Å². The van der Waals surface area contributed by atoms with Gasteiger partial charge in [-0.3, -0.25) is 0 Å². The first-order chi connectivity index (χ1) is 16.5. The molecule has 1 aliphatic rings. The Kier molecular flexibility index (Phi) is 7.58. The quantitative estimate of drug-likeness (QED) is 0.355. The first kappa shape index (κ1) is 23.9. The summed E-state index contributed by atoms with van der Waals surface area (Å²) in [6.07, 6.45) is 7.99. The molecule has 0 amide bonds. The fourth-order valence-electron chi connectivity index (χ4n) is 4.30. The van der Waals surface area contributed by atoms with E-state index in [0.717, 1.165) is 11.3 Å². The summed E-state index contributed by atoms with van der Waals surface area (Å²) in [6.45, 7) is 1.94. The highest BCUT2D eigenvalue weighted by Gasteiger charge is 2.18. The highest BCUT2D eigenvalue weighted by Crippen LogP contribution is 2.37. The molecule has 1 aromatic heterocycles. The smallest absolute Gasteiger partial charge is 0.340 e. The average molecular weight is 481 g/mol. The molecule has 3 aromatic rings. The number of benzene rings is 2. The molecule has 0 radical (unpaired) electrons. The summed E-state index contributed by atoms with van der Waals surface area (Å²) < 4.78 is 16.1. The van der Waals surface area contributed by atoms with E-state index in [4.69, 9.17) is 25.8 Å². The number of esters is 1. The minimum Gasteiger partial charge on any atom is -0.497 e. The van der Waals surface area contributed by atoms with Crippen LogP contribution in [-0.2, 0) is 4.74 Å². The lowest BCUT2D eigenvalue weighted by atomic mass is 9.84. The van der Waals surface area contributed by atoms with Crippen molar-refractivity contribution in [3.05, 3.63) is 70.4 Å². The summed E-state index contributed by atoms with van der Waals surface area (Å²) in [5, 5.41) is 3.84. The van der Waals surface area contributed by atoms with Gasteiger partial charge < -0.3 is 19.5 Å². The van der Waals surface area contributed by atoms with Gasteiger partial charge in [0.1, 0.15) is 11.5 Å². The van der Waals surface area contributed by atoms with Gasteiger partial charge in [-0.05, 0) is 67.1 Å². The molecular formula is C27H29ClN2O4. The monoisotopic (exact) mass is 480 g/mol. The van der Waals surface area contributed by atoms with Crippen LogP contribution in [0.3, 0.4) is 0 Å². The molecule has 1 aliphatic carbocycles. The Morgan fingerprint density at radius 2 is 1.82 bits per heavy atom. The minimum atomic E-state index is -0.460. The third kappa shape index (κ3) is 5.45. The number of nitrogens with one attached hydrogen (secondary N) is 1. The van der Waals surface area contributed by atoms with E-state index in [-0.39, 0.29) is 0 Å². The van der Waals surface area contributed by atoms with E-state index in [2.05, 4.69) is 16.4 Å². The number of halogens is 1. The third-order valence-corrected chi connectivity index (χ3v) is 6.53. The lowest BCUT2D eigenvalue weighted by molar-refractivity contribution is 0.0601. The van der Waals surface area contributed by atoms with Crippen molar-refractivity contribution in [2.24, 2.45) is 0 Å². The van der Waals surface area contributed by atoms with Gasteiger partial charge in [-0.1, -0.05) is 36.9 Å². The number of hydrogen-bond acceptors (Lipinski definition) is 6. The van der Waals surface area contributed by atoms with E-state index < -0.39 is 5.97 Å². The van der Waals surface area contributed by atoms with E-state index in [0.29, 0.717) is 39.6 Å². The molecule has 6 nitrogen and oxygen atoms in total. The van der Waals surface area contributed by atoms with Crippen LogP contribution in [0.4, 0.5) is 11.4 Å². The van der Waals surface area contributed by atoms with Gasteiger partial charge in [0.05, 0.1) is 42.4 Å². The van der Waals surface area contributed by atoms with Gasteiger partial charge in [0.25, 0.3) is 0 Å². The number of ether oxygens (including phenoxy) is 3. The van der Waals surface area contributed by atoms with Crippen LogP contribution >= 0.6 is 11.6 Å². The number of carbonyl (C=O) groups is 1. The van der Waals surface area contributed by atoms with Crippen LogP contribution in [0.2, 0.25) is 5.02 Å². The molecule has 7 heteroatoms. The molecule has 178 valence electrons. The number of carbonyl (C=O) groups excluding carboxylic acids is 1. The van der Waals surface area contributed by atoms with E-state index in [9.17, 15) is 4.79 Å². The van der Waals surface area contributed by atoms with Crippen LogP contribution < -0.4 is 14.8 Å². The molecule has 0 saturated heterocycles. The number of aryl methyl sites for hydroxylation is 1. The fourth-order valence-corrected chi connectivity index (χ4v) is 4.53. The van der Waals surface area contributed by atoms with Crippen molar-refractivity contribution < 1.29 is 19.0 Å². The Labute approximate surface area is 205 Å². The standard InChI is InChI=1S/C27H29ClN2O4/c1-17-13-26(34-25-12-9-19(14-22(25)28)18-7-5-4-6-8-18)29-16-24(17)30-23-11-10-20(32-2)15-21(23)27(31)33-3/h9-16,18,30H,4-8H2,1-3H3. The second kappa shape index (κ2) is 10.8. The number of hydrogen-bond donors (Lipinski definition) is 1. The second-order valence-electron chi connectivity index (χ2n) is 8.49. The van der Waals surface area contributed by atoms with Crippen LogP contribution in [-0.4, -0.2) is 25.2 Å². The average Bonchev–Trinajstić information content (AvgIpc) is 2.87. The predicted molar refractivity (Wildman–Crippen MR) is 134 cm³/mol. The highest BCUT2D eigenvalue weighted by atomic mass is 35.5. The zero-order valence-electron chi connectivity index (χ0n) is 19.7. The summed E-state index contributed by atoms with van der Waals surface area (Å²) in [5.41, 5.74) is 3.87. The van der Waals surface area contributed by atoms with E-state index in [1.807, 2.05) is 25.1 Å². The minimum absolute atomic E-state index is 0.367. The van der Waals surface area contributed by atoms with Crippen molar-refractivity contribution in [2.75, 3.05) is 19.5 Å². The molecule has 0 atom stereocenters. The third-order valence-electron chi connectivity index (χ3n) is 6.23. The SMILES string of the molecule is COC(=O)c1cc(OC)ccc1Nc1cnc(Oc2ccc(C3CCCCC3)cc2Cl)cc1C. The summed E-state index contributed by atoms with van der Waals surface area (Å²) in [7, 11) is 2.89. The van der Waals surface area contributed by atoms with E-state index in [1.54, 1.807) is 31.5 Å². The zero-order chi connectivity index (χ0) is 24.1. The molecule has 1 heterocycles. The van der Waals surface area contributed by atoms with Gasteiger partial charge in [0, 0.05) is 6.07 Å². The molecule has 2 aromatic carbocycles. The number of rotatable bonds is 7. The lowest BCUT2D eigenvalue weighted by Gasteiger charge is -2.22. The second-order valence-corrected chi connectivity index (χ2v) is 8.90. The van der Waals surface area contributed by atoms with Crippen LogP contribution in [0.1, 0.15) is 59.5 Å². The van der Waals surface area contributed by atoms with Crippen molar-refractivity contribution in [3.63, 3.8) is 0 Å². The summed E-state index contributed by atoms with van der Waals surface area (Å²) in [6, 6.07) is 13.1. The fraction of sp³-hybridized carbons (Fsp3) is 0.333. The van der Waals surface area contributed by atoms with Crippen LogP contribution in [0.15, 0.2) is 48.7 Å². The van der Waals surface area contributed by atoms with Crippen LogP contribution in [0.5, 0.6) is 17.4 Å². The number of anilines is 2. The summed E-state index contributed by atoms with van der Waals surface area (Å²) >= 11 is 6.54. The Bertz CT molecular complexity index is 1180. The highest BCUT2D eigenvalue weighted by molar-refractivity contribution is 6.32. The molecule has 0 bridgehead atoms. The maximum absolute atomic E-state index is 12.2. The Hall–Kier alpha value is -3.25. The number of methoxy groups -OCH3 is 2. The summed E-state index contributed by atoms with van der Waals surface area (Å²) in [5.74, 6) is 1.71. The maximum Gasteiger partial charge on any atom is 0.340 e. The Morgan fingerprint density at radius 1 is 1.03 bits per heavy atom. The Morgan fingerprint density at radius 3 is 2.50 bits per heavy atom.